The summed E-state index contributed by atoms with van der Waals surface area (Å²) >= 11 is 0. The normalized spacial score (nSPS) is 18.1. The molecule has 0 saturated carbocycles. The third kappa shape index (κ3) is 4.10. The van der Waals surface area contributed by atoms with Gasteiger partial charge in [-0.2, -0.15) is 0 Å². The quantitative estimate of drug-likeness (QED) is 0.468. The van der Waals surface area contributed by atoms with Gasteiger partial charge in [0, 0.05) is 62.4 Å². The summed E-state index contributed by atoms with van der Waals surface area (Å²) in [5.41, 5.74) is 3.58. The predicted octanol–water partition coefficient (Wildman–Crippen LogP) is 2.60. The minimum absolute atomic E-state index is 0.0945. The van der Waals surface area contributed by atoms with E-state index in [0.29, 0.717) is 30.6 Å². The fourth-order valence-corrected chi connectivity index (χ4v) is 4.91. The van der Waals surface area contributed by atoms with Gasteiger partial charge in [-0.1, -0.05) is 0 Å². The molecule has 6 heterocycles. The lowest BCUT2D eigenvalue weighted by molar-refractivity contribution is 0.122. The van der Waals surface area contributed by atoms with E-state index in [0.717, 1.165) is 62.5 Å². The van der Waals surface area contributed by atoms with Crippen molar-refractivity contribution in [2.24, 2.45) is 0 Å². The van der Waals surface area contributed by atoms with Crippen molar-refractivity contribution in [1.82, 2.24) is 34.4 Å². The average molecular weight is 461 g/mol. The van der Waals surface area contributed by atoms with Crippen molar-refractivity contribution in [2.75, 3.05) is 44.3 Å². The van der Waals surface area contributed by atoms with Gasteiger partial charge in [0.1, 0.15) is 5.75 Å². The number of aromatic hydroxyl groups is 1. The molecule has 2 fully saturated rings. The number of morpholine rings is 1. The first-order valence-electron chi connectivity index (χ1n) is 11.8. The first-order valence-corrected chi connectivity index (χ1v) is 11.8. The minimum Gasteiger partial charge on any atom is -0.506 e. The largest absolute Gasteiger partial charge is 0.506 e. The van der Waals surface area contributed by atoms with Gasteiger partial charge < -0.3 is 24.3 Å². The second kappa shape index (κ2) is 9.03. The van der Waals surface area contributed by atoms with Crippen LogP contribution in [-0.2, 0) is 11.3 Å². The third-order valence-electron chi connectivity index (χ3n) is 6.70. The molecule has 0 bridgehead atoms. The summed E-state index contributed by atoms with van der Waals surface area (Å²) in [6.45, 7) is 5.83. The second-order valence-electron chi connectivity index (χ2n) is 8.93. The summed E-state index contributed by atoms with van der Waals surface area (Å²) < 4.78 is 7.77. The van der Waals surface area contributed by atoms with Crippen LogP contribution in [0, 0.1) is 0 Å². The lowest BCUT2D eigenvalue weighted by atomic mass is 10.0. The summed E-state index contributed by atoms with van der Waals surface area (Å²) in [6, 6.07) is 6.16. The fraction of sp³-hybridized carbons (Fsp3) is 0.417. The molecule has 0 amide bonds. The highest BCUT2D eigenvalue weighted by molar-refractivity contribution is 5.86. The zero-order valence-electron chi connectivity index (χ0n) is 19.0. The van der Waals surface area contributed by atoms with Gasteiger partial charge in [-0.25, -0.2) is 15.0 Å². The zero-order valence-corrected chi connectivity index (χ0v) is 19.0. The van der Waals surface area contributed by atoms with Gasteiger partial charge in [0.15, 0.2) is 22.8 Å². The lowest BCUT2D eigenvalue weighted by Crippen LogP contribution is -2.37. The SMILES string of the molecule is Oc1cncc(-c2nc(N3CCOCC3)c3ncn(C4CCN(Cc5ccc[nH]5)CC4)c3n2)c1. The van der Waals surface area contributed by atoms with Crippen molar-refractivity contribution in [3.05, 3.63) is 48.8 Å². The molecule has 2 aliphatic heterocycles. The van der Waals surface area contributed by atoms with Crippen LogP contribution in [0.4, 0.5) is 5.82 Å². The van der Waals surface area contributed by atoms with E-state index in [4.69, 9.17) is 19.7 Å². The molecule has 0 radical (unpaired) electrons. The number of hydrogen-bond acceptors (Lipinski definition) is 8. The average Bonchev–Trinajstić information content (AvgIpc) is 3.55. The molecule has 2 saturated heterocycles. The Morgan fingerprint density at radius 1 is 1.09 bits per heavy atom. The third-order valence-corrected chi connectivity index (χ3v) is 6.70. The van der Waals surface area contributed by atoms with Gasteiger partial charge in [0.2, 0.25) is 0 Å². The van der Waals surface area contributed by atoms with Crippen LogP contribution in [0.5, 0.6) is 5.75 Å². The molecule has 0 aliphatic carbocycles. The van der Waals surface area contributed by atoms with Crippen molar-refractivity contribution in [3.8, 4) is 17.1 Å². The van der Waals surface area contributed by atoms with Gasteiger partial charge in [0.05, 0.1) is 25.7 Å². The Bertz CT molecular complexity index is 1260. The number of imidazole rings is 1. The number of aromatic nitrogens is 6. The summed E-state index contributed by atoms with van der Waals surface area (Å²) in [5, 5.41) is 9.97. The topological polar surface area (TPSA) is 108 Å². The molecule has 4 aromatic heterocycles. The summed E-state index contributed by atoms with van der Waals surface area (Å²) in [5.74, 6) is 1.45. The Hall–Kier alpha value is -3.50. The molecular weight excluding hydrogens is 432 g/mol. The van der Waals surface area contributed by atoms with E-state index in [-0.39, 0.29) is 5.75 Å². The van der Waals surface area contributed by atoms with E-state index in [2.05, 4.69) is 30.4 Å². The highest BCUT2D eigenvalue weighted by Crippen LogP contribution is 2.32. The molecule has 10 nitrogen and oxygen atoms in total. The molecule has 6 rings (SSSR count). The summed E-state index contributed by atoms with van der Waals surface area (Å²) in [6.07, 6.45) is 9.06. The van der Waals surface area contributed by atoms with Crippen molar-refractivity contribution in [3.63, 3.8) is 0 Å². The van der Waals surface area contributed by atoms with Gasteiger partial charge in [0.25, 0.3) is 0 Å². The van der Waals surface area contributed by atoms with E-state index in [9.17, 15) is 5.11 Å². The highest BCUT2D eigenvalue weighted by Gasteiger charge is 2.26. The van der Waals surface area contributed by atoms with Crippen molar-refractivity contribution in [1.29, 1.82) is 0 Å². The van der Waals surface area contributed by atoms with E-state index in [1.54, 1.807) is 12.3 Å². The molecule has 34 heavy (non-hydrogen) atoms. The minimum atomic E-state index is 0.0945. The number of piperidine rings is 1. The van der Waals surface area contributed by atoms with Gasteiger partial charge >= 0.3 is 0 Å². The predicted molar refractivity (Wildman–Crippen MR) is 128 cm³/mol. The molecule has 176 valence electrons. The maximum atomic E-state index is 9.97. The van der Waals surface area contributed by atoms with Crippen LogP contribution in [0.3, 0.4) is 0 Å². The first kappa shape index (κ1) is 21.1. The van der Waals surface area contributed by atoms with E-state index in [1.165, 1.54) is 11.9 Å². The van der Waals surface area contributed by atoms with Crippen LogP contribution < -0.4 is 4.90 Å². The number of aromatic amines is 1. The number of H-pyrrole nitrogens is 1. The molecule has 4 aromatic rings. The number of rotatable bonds is 5. The van der Waals surface area contributed by atoms with Gasteiger partial charge in [-0.05, 0) is 31.0 Å². The van der Waals surface area contributed by atoms with E-state index < -0.39 is 0 Å². The standard InChI is InChI=1S/C24H28N8O2/c33-20-12-17(13-25-14-20)22-28-23(31-8-10-34-11-9-31)21-24(29-22)32(16-27-21)19-3-6-30(7-4-19)15-18-2-1-5-26-18/h1-2,5,12-14,16,19,26,33H,3-4,6-11,15H2. The monoisotopic (exact) mass is 460 g/mol. The van der Waals surface area contributed by atoms with Gasteiger partial charge in [-0.3, -0.25) is 9.88 Å². The second-order valence-corrected chi connectivity index (χ2v) is 8.93. The Morgan fingerprint density at radius 2 is 1.94 bits per heavy atom. The number of likely N-dealkylation sites (tertiary alicyclic amines) is 1. The van der Waals surface area contributed by atoms with Crippen LogP contribution in [0.2, 0.25) is 0 Å². The number of nitrogens with one attached hydrogen (secondary N) is 1. The van der Waals surface area contributed by atoms with E-state index >= 15 is 0 Å². The molecule has 0 unspecified atom stereocenters. The van der Waals surface area contributed by atoms with Crippen LogP contribution in [0.1, 0.15) is 24.6 Å². The van der Waals surface area contributed by atoms with Crippen LogP contribution >= 0.6 is 0 Å². The Labute approximate surface area is 197 Å². The van der Waals surface area contributed by atoms with Crippen LogP contribution in [0.25, 0.3) is 22.6 Å². The Morgan fingerprint density at radius 3 is 2.71 bits per heavy atom. The number of pyridine rings is 1. The number of anilines is 1. The maximum Gasteiger partial charge on any atom is 0.166 e. The van der Waals surface area contributed by atoms with Crippen molar-refractivity contribution >= 4 is 17.0 Å². The molecule has 2 N–H and O–H groups in total. The molecular formula is C24H28N8O2. The Kier molecular flexibility index (Phi) is 5.60. The van der Waals surface area contributed by atoms with Crippen LogP contribution in [0.15, 0.2) is 43.1 Å². The lowest BCUT2D eigenvalue weighted by Gasteiger charge is -2.32. The van der Waals surface area contributed by atoms with E-state index in [1.807, 2.05) is 18.6 Å². The zero-order chi connectivity index (χ0) is 22.9. The fourth-order valence-electron chi connectivity index (χ4n) is 4.91. The van der Waals surface area contributed by atoms with Crippen LogP contribution in [-0.4, -0.2) is 78.9 Å². The number of nitrogens with zero attached hydrogens (tertiary/aromatic N) is 7. The maximum absolute atomic E-state index is 9.97. The molecule has 0 atom stereocenters. The summed E-state index contributed by atoms with van der Waals surface area (Å²) in [7, 11) is 0. The molecule has 2 aliphatic rings. The highest BCUT2D eigenvalue weighted by atomic mass is 16.5. The molecule has 0 spiro atoms. The van der Waals surface area contributed by atoms with Gasteiger partial charge in [-0.15, -0.1) is 0 Å². The molecule has 10 heteroatoms. The smallest absolute Gasteiger partial charge is 0.166 e. The number of fused-ring (bicyclic) bond motifs is 1. The summed E-state index contributed by atoms with van der Waals surface area (Å²) in [4.78, 5) is 26.7. The van der Waals surface area contributed by atoms with Crippen molar-refractivity contribution in [2.45, 2.75) is 25.4 Å². The Balaban J connectivity index is 1.33. The number of ether oxygens (including phenoxy) is 1. The first-order chi connectivity index (χ1) is 16.7. The molecule has 0 aromatic carbocycles. The number of hydrogen-bond donors (Lipinski definition) is 2. The van der Waals surface area contributed by atoms with Crippen molar-refractivity contribution < 1.29 is 9.84 Å².